The van der Waals surface area contributed by atoms with E-state index in [9.17, 15) is 9.90 Å². The van der Waals surface area contributed by atoms with Gasteiger partial charge in [-0.3, -0.25) is 4.79 Å². The lowest BCUT2D eigenvalue weighted by Crippen LogP contribution is -2.27. The number of carbonyl (C=O) groups is 1. The highest BCUT2D eigenvalue weighted by Gasteiger charge is 2.14. The Morgan fingerprint density at radius 1 is 1.25 bits per heavy atom. The molecular weight excluding hydrogens is 252 g/mol. The van der Waals surface area contributed by atoms with Gasteiger partial charge in [0.25, 0.3) is 5.91 Å². The first-order valence-electron chi connectivity index (χ1n) is 6.43. The van der Waals surface area contributed by atoms with Gasteiger partial charge in [-0.05, 0) is 43.7 Å². The monoisotopic (exact) mass is 270 g/mol. The summed E-state index contributed by atoms with van der Waals surface area (Å²) in [5.74, 6) is -0.0410. The largest absolute Gasteiger partial charge is 0.508 e. The molecule has 0 heterocycles. The Balaban J connectivity index is 2.17. The van der Waals surface area contributed by atoms with Gasteiger partial charge in [0.15, 0.2) is 0 Å². The van der Waals surface area contributed by atoms with Crippen molar-refractivity contribution in [2.45, 2.75) is 19.9 Å². The maximum Gasteiger partial charge on any atom is 0.253 e. The molecule has 0 radical (unpaired) electrons. The minimum atomic E-state index is -0.220. The topological polar surface area (TPSA) is 75.4 Å². The Hall–Kier alpha value is -2.49. The lowest BCUT2D eigenvalue weighted by atomic mass is 10.1. The van der Waals surface area contributed by atoms with Crippen LogP contribution in [0.4, 0.5) is 5.69 Å². The van der Waals surface area contributed by atoms with Crippen molar-refractivity contribution in [1.29, 1.82) is 0 Å². The summed E-state index contributed by atoms with van der Waals surface area (Å²) in [5.41, 5.74) is 8.57. The predicted molar refractivity (Wildman–Crippen MR) is 79.6 cm³/mol. The Kier molecular flexibility index (Phi) is 3.94. The summed E-state index contributed by atoms with van der Waals surface area (Å²) in [7, 11) is 0. The molecule has 2 aromatic rings. The van der Waals surface area contributed by atoms with E-state index < -0.39 is 0 Å². The van der Waals surface area contributed by atoms with E-state index in [4.69, 9.17) is 5.73 Å². The molecule has 0 bridgehead atoms. The van der Waals surface area contributed by atoms with Crippen molar-refractivity contribution in [1.82, 2.24) is 5.32 Å². The second-order valence-corrected chi connectivity index (χ2v) is 4.88. The number of anilines is 1. The van der Waals surface area contributed by atoms with E-state index >= 15 is 0 Å². The highest BCUT2D eigenvalue weighted by molar-refractivity contribution is 5.99. The van der Waals surface area contributed by atoms with Crippen molar-refractivity contribution in [3.8, 4) is 5.75 Å². The number of nitrogens with two attached hydrogens (primary N) is 1. The fourth-order valence-electron chi connectivity index (χ4n) is 2.02. The molecule has 4 nitrogen and oxygen atoms in total. The van der Waals surface area contributed by atoms with Gasteiger partial charge in [0.05, 0.1) is 11.6 Å². The van der Waals surface area contributed by atoms with Crippen molar-refractivity contribution in [2.75, 3.05) is 5.73 Å². The molecule has 0 saturated heterocycles. The number of benzene rings is 2. The van der Waals surface area contributed by atoms with Gasteiger partial charge in [0.2, 0.25) is 0 Å². The number of amides is 1. The maximum absolute atomic E-state index is 12.2. The molecule has 1 unspecified atom stereocenters. The van der Waals surface area contributed by atoms with Crippen LogP contribution < -0.4 is 11.1 Å². The van der Waals surface area contributed by atoms with Crippen LogP contribution in [0.15, 0.2) is 42.5 Å². The van der Waals surface area contributed by atoms with Crippen molar-refractivity contribution in [3.63, 3.8) is 0 Å². The van der Waals surface area contributed by atoms with Crippen molar-refractivity contribution in [2.24, 2.45) is 0 Å². The van der Waals surface area contributed by atoms with Gasteiger partial charge in [0, 0.05) is 5.69 Å². The van der Waals surface area contributed by atoms with Gasteiger partial charge in [-0.25, -0.2) is 0 Å². The van der Waals surface area contributed by atoms with Gasteiger partial charge in [-0.1, -0.05) is 23.8 Å². The van der Waals surface area contributed by atoms with Crippen LogP contribution in [0, 0.1) is 6.92 Å². The summed E-state index contributed by atoms with van der Waals surface area (Å²) in [4.78, 5) is 12.2. The molecule has 4 N–H and O–H groups in total. The number of carbonyl (C=O) groups excluding carboxylic acids is 1. The molecule has 0 aromatic heterocycles. The van der Waals surface area contributed by atoms with Gasteiger partial charge < -0.3 is 16.2 Å². The molecule has 104 valence electrons. The van der Waals surface area contributed by atoms with Crippen LogP contribution in [-0.2, 0) is 0 Å². The first-order valence-corrected chi connectivity index (χ1v) is 6.43. The van der Waals surface area contributed by atoms with Crippen LogP contribution >= 0.6 is 0 Å². The molecule has 0 aliphatic rings. The Labute approximate surface area is 118 Å². The number of hydrogen-bond acceptors (Lipinski definition) is 3. The van der Waals surface area contributed by atoms with Gasteiger partial charge in [0.1, 0.15) is 5.75 Å². The third-order valence-electron chi connectivity index (χ3n) is 3.17. The van der Waals surface area contributed by atoms with Crippen LogP contribution in [0.3, 0.4) is 0 Å². The number of hydrogen-bond donors (Lipinski definition) is 3. The quantitative estimate of drug-likeness (QED) is 0.751. The minimum absolute atomic E-state index is 0.179. The van der Waals surface area contributed by atoms with E-state index in [1.165, 1.54) is 0 Å². The lowest BCUT2D eigenvalue weighted by Gasteiger charge is -2.15. The lowest BCUT2D eigenvalue weighted by molar-refractivity contribution is 0.0940. The first kappa shape index (κ1) is 13.9. The molecular formula is C16H18N2O2. The number of nitrogens with one attached hydrogen (secondary N) is 1. The highest BCUT2D eigenvalue weighted by atomic mass is 16.3. The van der Waals surface area contributed by atoms with Gasteiger partial charge >= 0.3 is 0 Å². The van der Waals surface area contributed by atoms with Crippen LogP contribution in [0.25, 0.3) is 0 Å². The summed E-state index contributed by atoms with van der Waals surface area (Å²) >= 11 is 0. The van der Waals surface area contributed by atoms with E-state index in [1.54, 1.807) is 30.3 Å². The number of nitrogen functional groups attached to an aromatic ring is 1. The van der Waals surface area contributed by atoms with E-state index in [0.29, 0.717) is 11.3 Å². The third kappa shape index (κ3) is 3.09. The van der Waals surface area contributed by atoms with Crippen LogP contribution in [-0.4, -0.2) is 11.0 Å². The normalized spacial score (nSPS) is 11.9. The Morgan fingerprint density at radius 2 is 2.00 bits per heavy atom. The van der Waals surface area contributed by atoms with E-state index in [2.05, 4.69) is 5.32 Å². The average Bonchev–Trinajstić information content (AvgIpc) is 2.41. The second kappa shape index (κ2) is 5.65. The summed E-state index contributed by atoms with van der Waals surface area (Å²) in [6, 6.07) is 12.0. The summed E-state index contributed by atoms with van der Waals surface area (Å²) in [5, 5.41) is 12.3. The summed E-state index contributed by atoms with van der Waals surface area (Å²) < 4.78 is 0. The predicted octanol–water partition coefficient (Wildman–Crippen LogP) is 2.77. The zero-order valence-corrected chi connectivity index (χ0v) is 11.6. The van der Waals surface area contributed by atoms with Crippen molar-refractivity contribution < 1.29 is 9.90 Å². The summed E-state index contributed by atoms with van der Waals surface area (Å²) in [6.45, 7) is 3.77. The van der Waals surface area contributed by atoms with E-state index in [-0.39, 0.29) is 17.7 Å². The number of phenolic OH excluding ortho intramolecular Hbond substituents is 1. The Bertz CT molecular complexity index is 638. The molecule has 0 aliphatic carbocycles. The minimum Gasteiger partial charge on any atom is -0.508 e. The highest BCUT2D eigenvalue weighted by Crippen LogP contribution is 2.19. The second-order valence-electron chi connectivity index (χ2n) is 4.88. The fraction of sp³-hybridized carbons (Fsp3) is 0.188. The molecule has 20 heavy (non-hydrogen) atoms. The number of aryl methyl sites for hydroxylation is 1. The van der Waals surface area contributed by atoms with Gasteiger partial charge in [-0.15, -0.1) is 0 Å². The van der Waals surface area contributed by atoms with E-state index in [0.717, 1.165) is 11.1 Å². The molecule has 0 saturated carbocycles. The van der Waals surface area contributed by atoms with Gasteiger partial charge in [-0.2, -0.15) is 0 Å². The molecule has 0 fully saturated rings. The smallest absolute Gasteiger partial charge is 0.253 e. The zero-order valence-electron chi connectivity index (χ0n) is 11.6. The van der Waals surface area contributed by atoms with Crippen molar-refractivity contribution in [3.05, 3.63) is 59.2 Å². The van der Waals surface area contributed by atoms with Crippen LogP contribution in [0.1, 0.15) is 34.5 Å². The average molecular weight is 270 g/mol. The molecule has 0 aliphatic heterocycles. The molecule has 1 amide bonds. The Morgan fingerprint density at radius 3 is 2.70 bits per heavy atom. The molecule has 2 rings (SSSR count). The number of aromatic hydroxyl groups is 1. The van der Waals surface area contributed by atoms with E-state index in [1.807, 2.05) is 26.0 Å². The zero-order chi connectivity index (χ0) is 14.7. The maximum atomic E-state index is 12.2. The number of rotatable bonds is 3. The summed E-state index contributed by atoms with van der Waals surface area (Å²) in [6.07, 6.45) is 0. The third-order valence-corrected chi connectivity index (χ3v) is 3.17. The first-order chi connectivity index (χ1) is 9.47. The van der Waals surface area contributed by atoms with Crippen LogP contribution in [0.2, 0.25) is 0 Å². The standard InChI is InChI=1S/C16H18N2O2/c1-10-6-7-15(17)14(8-10)16(20)18-11(2)12-4-3-5-13(19)9-12/h3-9,11,19H,17H2,1-2H3,(H,18,20). The molecule has 0 spiro atoms. The van der Waals surface area contributed by atoms with Crippen molar-refractivity contribution >= 4 is 11.6 Å². The SMILES string of the molecule is Cc1ccc(N)c(C(=O)NC(C)c2cccc(O)c2)c1. The fourth-order valence-corrected chi connectivity index (χ4v) is 2.02. The van der Waals surface area contributed by atoms with Crippen LogP contribution in [0.5, 0.6) is 5.75 Å². The molecule has 1 atom stereocenters. The number of phenols is 1. The molecule has 4 heteroatoms. The molecule has 2 aromatic carbocycles.